The Bertz CT molecular complexity index is 1180. The summed E-state index contributed by atoms with van der Waals surface area (Å²) in [5, 5.41) is 7.27. The summed E-state index contributed by atoms with van der Waals surface area (Å²) in [7, 11) is 0. The number of pyridine rings is 2. The van der Waals surface area contributed by atoms with Crippen LogP contribution >= 0.6 is 0 Å². The molecule has 7 nitrogen and oxygen atoms in total. The Kier molecular flexibility index (Phi) is 7.82. The van der Waals surface area contributed by atoms with Gasteiger partial charge in [-0.15, -0.1) is 0 Å². The van der Waals surface area contributed by atoms with Gasteiger partial charge < -0.3 is 20.9 Å². The van der Waals surface area contributed by atoms with Crippen LogP contribution in [0.2, 0.25) is 0 Å². The molecule has 182 valence electrons. The van der Waals surface area contributed by atoms with E-state index >= 15 is 0 Å². The first-order valence-electron chi connectivity index (χ1n) is 11.4. The van der Waals surface area contributed by atoms with Crippen LogP contribution in [-0.2, 0) is 11.1 Å². The van der Waals surface area contributed by atoms with Crippen molar-refractivity contribution in [3.8, 4) is 11.1 Å². The standard InChI is InChI=1S/C21H23F2N5.C3H6O2S/c1-12(24)15-4-7-26-21-17(15)8-13(9-18(21)22)16-10-20(27-11-19(16)23)28-14-2-5-25-6-3-14;4-6(5)3-1-2-3/h4,7-12,14,25H,2-3,5-6,24H2,1H3,(H,27,28);3H,1-2H2,(H,4,5)/p-1. The third-order valence-electron chi connectivity index (χ3n) is 5.98. The van der Waals surface area contributed by atoms with Crippen molar-refractivity contribution in [1.29, 1.82) is 0 Å². The maximum absolute atomic E-state index is 14.7. The lowest BCUT2D eigenvalue weighted by Crippen LogP contribution is -2.35. The highest BCUT2D eigenvalue weighted by atomic mass is 32.2. The summed E-state index contributed by atoms with van der Waals surface area (Å²) < 4.78 is 48.8. The fourth-order valence-electron chi connectivity index (χ4n) is 3.96. The summed E-state index contributed by atoms with van der Waals surface area (Å²) in [5.74, 6) is -0.415. The molecule has 1 aromatic carbocycles. The van der Waals surface area contributed by atoms with Crippen molar-refractivity contribution in [2.45, 2.75) is 49.9 Å². The number of hydrogen-bond donors (Lipinski definition) is 3. The molecule has 0 radical (unpaired) electrons. The molecule has 0 amide bonds. The SMILES string of the molecule is CC(N)c1ccnc2c(F)cc(-c3cc(NC4CCNCC4)ncc3F)cc12.O=S([O-])C1CC1. The van der Waals surface area contributed by atoms with E-state index in [0.29, 0.717) is 22.3 Å². The number of fused-ring (bicyclic) bond motifs is 1. The lowest BCUT2D eigenvalue weighted by Gasteiger charge is -2.24. The minimum absolute atomic E-state index is 0.0185. The van der Waals surface area contributed by atoms with E-state index in [-0.39, 0.29) is 22.9 Å². The van der Waals surface area contributed by atoms with Crippen molar-refractivity contribution in [3.05, 3.63) is 53.9 Å². The largest absolute Gasteiger partial charge is 0.772 e. The summed E-state index contributed by atoms with van der Waals surface area (Å²) in [5.41, 5.74) is 7.77. The van der Waals surface area contributed by atoms with E-state index < -0.39 is 22.7 Å². The Hall–Kier alpha value is -2.53. The van der Waals surface area contributed by atoms with Gasteiger partial charge in [-0.1, -0.05) is 11.1 Å². The van der Waals surface area contributed by atoms with Crippen LogP contribution in [0.25, 0.3) is 22.0 Å². The second-order valence-electron chi connectivity index (χ2n) is 8.72. The maximum atomic E-state index is 14.7. The quantitative estimate of drug-likeness (QED) is 0.468. The molecule has 1 aliphatic carbocycles. The van der Waals surface area contributed by atoms with Gasteiger partial charge in [-0.3, -0.25) is 9.19 Å². The molecule has 0 spiro atoms. The summed E-state index contributed by atoms with van der Waals surface area (Å²) in [4.78, 5) is 8.28. The van der Waals surface area contributed by atoms with Gasteiger partial charge >= 0.3 is 0 Å². The lowest BCUT2D eigenvalue weighted by atomic mass is 9.98. The monoisotopic (exact) mass is 488 g/mol. The van der Waals surface area contributed by atoms with Gasteiger partial charge in [-0.2, -0.15) is 0 Å². The molecule has 1 saturated heterocycles. The molecule has 4 N–H and O–H groups in total. The molecular weight excluding hydrogens is 460 g/mol. The van der Waals surface area contributed by atoms with Gasteiger partial charge in [0.15, 0.2) is 0 Å². The van der Waals surface area contributed by atoms with Crippen LogP contribution in [0, 0.1) is 11.6 Å². The van der Waals surface area contributed by atoms with E-state index in [4.69, 9.17) is 5.73 Å². The molecule has 1 saturated carbocycles. The van der Waals surface area contributed by atoms with Crippen LogP contribution in [0.5, 0.6) is 0 Å². The number of piperidine rings is 1. The first-order valence-corrected chi connectivity index (χ1v) is 12.5. The zero-order valence-electron chi connectivity index (χ0n) is 18.9. The molecule has 2 aromatic heterocycles. The second-order valence-corrected chi connectivity index (χ2v) is 9.91. The van der Waals surface area contributed by atoms with Gasteiger partial charge in [0.05, 0.1) is 6.20 Å². The Balaban J connectivity index is 0.000000398. The van der Waals surface area contributed by atoms with Gasteiger partial charge in [0.2, 0.25) is 0 Å². The number of hydrogen-bond acceptors (Lipinski definition) is 7. The Morgan fingerprint density at radius 2 is 1.88 bits per heavy atom. The molecule has 1 aliphatic heterocycles. The number of anilines is 1. The summed E-state index contributed by atoms with van der Waals surface area (Å²) >= 11 is -1.76. The molecule has 10 heteroatoms. The number of nitrogens with two attached hydrogens (primary N) is 1. The molecule has 2 unspecified atom stereocenters. The van der Waals surface area contributed by atoms with Gasteiger partial charge in [0, 0.05) is 34.5 Å². The van der Waals surface area contributed by atoms with Gasteiger partial charge in [0.1, 0.15) is 23.0 Å². The van der Waals surface area contributed by atoms with Crippen LogP contribution in [0.1, 0.15) is 44.2 Å². The smallest absolute Gasteiger partial charge is 0.150 e. The van der Waals surface area contributed by atoms with Gasteiger partial charge in [-0.05, 0) is 81.1 Å². The predicted octanol–water partition coefficient (Wildman–Crippen LogP) is 3.79. The predicted molar refractivity (Wildman–Crippen MR) is 129 cm³/mol. The van der Waals surface area contributed by atoms with E-state index in [1.807, 2.05) is 6.92 Å². The number of benzene rings is 1. The van der Waals surface area contributed by atoms with E-state index in [1.165, 1.54) is 18.5 Å². The molecule has 3 heterocycles. The summed E-state index contributed by atoms with van der Waals surface area (Å²) in [6.07, 6.45) is 6.44. The van der Waals surface area contributed by atoms with Crippen molar-refractivity contribution in [2.24, 2.45) is 5.73 Å². The number of aromatic nitrogens is 2. The van der Waals surface area contributed by atoms with Crippen LogP contribution in [0.3, 0.4) is 0 Å². The molecular formula is C24H28F2N5O2S-. The molecule has 0 bridgehead atoms. The molecule has 2 aliphatic rings. The van der Waals surface area contributed by atoms with Gasteiger partial charge in [0.25, 0.3) is 0 Å². The van der Waals surface area contributed by atoms with Crippen LogP contribution in [0.4, 0.5) is 14.6 Å². The fourth-order valence-corrected chi connectivity index (χ4v) is 4.48. The number of rotatable bonds is 5. The first kappa shape index (κ1) is 24.6. The summed E-state index contributed by atoms with van der Waals surface area (Å²) in [6, 6.07) is 6.46. The highest BCUT2D eigenvalue weighted by Gasteiger charge is 2.21. The minimum atomic E-state index is -1.76. The van der Waals surface area contributed by atoms with Crippen LogP contribution in [0.15, 0.2) is 36.7 Å². The Labute approximate surface area is 199 Å². The van der Waals surface area contributed by atoms with Crippen molar-refractivity contribution in [2.75, 3.05) is 18.4 Å². The second kappa shape index (κ2) is 10.8. The molecule has 3 aromatic rings. The van der Waals surface area contributed by atoms with E-state index in [9.17, 15) is 17.5 Å². The lowest BCUT2D eigenvalue weighted by molar-refractivity contribution is 0.478. The number of halogens is 2. The van der Waals surface area contributed by atoms with Crippen molar-refractivity contribution in [1.82, 2.24) is 15.3 Å². The van der Waals surface area contributed by atoms with Gasteiger partial charge in [-0.25, -0.2) is 13.8 Å². The number of nitrogens with one attached hydrogen (secondary N) is 2. The van der Waals surface area contributed by atoms with E-state index in [1.54, 1.807) is 18.2 Å². The third-order valence-corrected chi connectivity index (χ3v) is 6.99. The minimum Gasteiger partial charge on any atom is -0.772 e. The zero-order chi connectivity index (χ0) is 24.2. The Morgan fingerprint density at radius 1 is 1.15 bits per heavy atom. The normalized spacial score (nSPS) is 18.1. The average Bonchev–Trinajstić information content (AvgIpc) is 3.67. The first-order chi connectivity index (χ1) is 16.3. The third kappa shape index (κ3) is 5.93. The van der Waals surface area contributed by atoms with E-state index in [2.05, 4.69) is 20.6 Å². The van der Waals surface area contributed by atoms with Crippen LogP contribution < -0.4 is 16.4 Å². The maximum Gasteiger partial charge on any atom is 0.150 e. The van der Waals surface area contributed by atoms with E-state index in [0.717, 1.165) is 44.3 Å². The highest BCUT2D eigenvalue weighted by molar-refractivity contribution is 7.80. The Morgan fingerprint density at radius 3 is 2.50 bits per heavy atom. The van der Waals surface area contributed by atoms with Crippen LogP contribution in [-0.4, -0.2) is 43.1 Å². The summed E-state index contributed by atoms with van der Waals surface area (Å²) in [6.45, 7) is 3.71. The molecule has 5 rings (SSSR count). The van der Waals surface area contributed by atoms with Crippen molar-refractivity contribution in [3.63, 3.8) is 0 Å². The zero-order valence-corrected chi connectivity index (χ0v) is 19.7. The molecule has 2 atom stereocenters. The molecule has 2 fully saturated rings. The van der Waals surface area contributed by atoms with Crippen molar-refractivity contribution >= 4 is 27.8 Å². The molecule has 34 heavy (non-hydrogen) atoms. The topological polar surface area (TPSA) is 116 Å². The fraction of sp³-hybridized carbons (Fsp3) is 0.417. The number of nitrogens with zero attached hydrogens (tertiary/aromatic N) is 2. The average molecular weight is 489 g/mol. The highest BCUT2D eigenvalue weighted by Crippen LogP contribution is 2.32. The van der Waals surface area contributed by atoms with Crippen molar-refractivity contribution < 1.29 is 17.5 Å².